The fourth-order valence-electron chi connectivity index (χ4n) is 1.79. The molecule has 2 aromatic carbocycles. The number of benzene rings is 2. The van der Waals surface area contributed by atoms with Gasteiger partial charge in [-0.15, -0.1) is 0 Å². The van der Waals surface area contributed by atoms with Gasteiger partial charge in [0.15, 0.2) is 0 Å². The molecule has 0 aliphatic rings. The summed E-state index contributed by atoms with van der Waals surface area (Å²) in [6.07, 6.45) is 0. The average Bonchev–Trinajstić information content (AvgIpc) is 2.29. The third-order valence-corrected chi connectivity index (χ3v) is 3.04. The van der Waals surface area contributed by atoms with Crippen molar-refractivity contribution in [1.82, 2.24) is 0 Å². The molecule has 18 heavy (non-hydrogen) atoms. The zero-order valence-electron chi connectivity index (χ0n) is 10.2. The van der Waals surface area contributed by atoms with Gasteiger partial charge in [-0.1, -0.05) is 11.6 Å². The molecule has 0 heterocycles. The lowest BCUT2D eigenvalue weighted by Crippen LogP contribution is -1.93. The van der Waals surface area contributed by atoms with Gasteiger partial charge in [-0.05, 0) is 49.2 Å². The second kappa shape index (κ2) is 4.78. The summed E-state index contributed by atoms with van der Waals surface area (Å²) in [4.78, 5) is 0. The van der Waals surface area contributed by atoms with Gasteiger partial charge >= 0.3 is 0 Å². The van der Waals surface area contributed by atoms with Crippen LogP contribution in [0.1, 0.15) is 11.1 Å². The van der Waals surface area contributed by atoms with Crippen LogP contribution in [0, 0.1) is 13.8 Å². The Balaban J connectivity index is 2.34. The van der Waals surface area contributed by atoms with Crippen molar-refractivity contribution in [2.24, 2.45) is 0 Å². The molecule has 3 N–H and O–H groups in total. The number of phenols is 2. The molecule has 0 aliphatic carbocycles. The lowest BCUT2D eigenvalue weighted by Gasteiger charge is -2.11. The van der Waals surface area contributed by atoms with E-state index in [0.717, 1.165) is 16.8 Å². The summed E-state index contributed by atoms with van der Waals surface area (Å²) in [5, 5.41) is 22.6. The molecule has 0 radical (unpaired) electrons. The van der Waals surface area contributed by atoms with E-state index in [1.54, 1.807) is 12.1 Å². The van der Waals surface area contributed by atoms with Gasteiger partial charge in [-0.25, -0.2) is 0 Å². The first-order valence-corrected chi connectivity index (χ1v) is 5.91. The highest BCUT2D eigenvalue weighted by atomic mass is 35.5. The Morgan fingerprint density at radius 3 is 2.17 bits per heavy atom. The number of hydrogen-bond donors (Lipinski definition) is 3. The van der Waals surface area contributed by atoms with Crippen LogP contribution in [0.2, 0.25) is 5.02 Å². The Hall–Kier alpha value is -1.87. The largest absolute Gasteiger partial charge is 0.508 e. The minimum Gasteiger partial charge on any atom is -0.508 e. The predicted octanol–water partition coefficient (Wildman–Crippen LogP) is 4.11. The fourth-order valence-corrected chi connectivity index (χ4v) is 2.01. The average molecular weight is 264 g/mol. The van der Waals surface area contributed by atoms with Crippen molar-refractivity contribution < 1.29 is 10.2 Å². The molecule has 0 aliphatic heterocycles. The molecule has 0 saturated heterocycles. The third-order valence-electron chi connectivity index (χ3n) is 2.72. The summed E-state index contributed by atoms with van der Waals surface area (Å²) in [6.45, 7) is 3.68. The van der Waals surface area contributed by atoms with Crippen LogP contribution in [0.3, 0.4) is 0 Å². The van der Waals surface area contributed by atoms with Crippen LogP contribution in [0.5, 0.6) is 11.5 Å². The van der Waals surface area contributed by atoms with E-state index in [1.165, 1.54) is 6.07 Å². The molecule has 4 heteroatoms. The van der Waals surface area contributed by atoms with E-state index in [-0.39, 0.29) is 5.75 Å². The molecule has 94 valence electrons. The number of nitrogens with one attached hydrogen (secondary N) is 1. The molecule has 2 rings (SSSR count). The molecule has 0 saturated carbocycles. The smallest absolute Gasteiger partial charge is 0.121 e. The summed E-state index contributed by atoms with van der Waals surface area (Å²) in [5.41, 5.74) is 3.15. The highest BCUT2D eigenvalue weighted by Crippen LogP contribution is 2.31. The second-order valence-corrected chi connectivity index (χ2v) is 4.65. The van der Waals surface area contributed by atoms with Crippen LogP contribution < -0.4 is 5.32 Å². The Morgan fingerprint density at radius 1 is 1.00 bits per heavy atom. The second-order valence-electron chi connectivity index (χ2n) is 4.25. The molecule has 0 unspecified atom stereocenters. The molecule has 0 aromatic heterocycles. The molecular weight excluding hydrogens is 250 g/mol. The molecular formula is C14H14ClNO2. The lowest BCUT2D eigenvalue weighted by molar-refractivity contribution is 0.467. The minimum atomic E-state index is 0.128. The highest BCUT2D eigenvalue weighted by molar-refractivity contribution is 6.33. The number of aromatic hydroxyl groups is 2. The third kappa shape index (κ3) is 2.51. The zero-order chi connectivity index (χ0) is 13.3. The molecule has 0 fully saturated rings. The van der Waals surface area contributed by atoms with Crippen molar-refractivity contribution in [3.63, 3.8) is 0 Å². The van der Waals surface area contributed by atoms with Gasteiger partial charge in [-0.2, -0.15) is 0 Å². The molecule has 2 aromatic rings. The quantitative estimate of drug-likeness (QED) is 0.715. The van der Waals surface area contributed by atoms with E-state index in [4.69, 9.17) is 11.6 Å². The molecule has 3 nitrogen and oxygen atoms in total. The van der Waals surface area contributed by atoms with Crippen molar-refractivity contribution in [2.75, 3.05) is 5.32 Å². The molecule has 0 spiro atoms. The summed E-state index contributed by atoms with van der Waals surface area (Å²) in [6, 6.07) is 8.42. The Kier molecular flexibility index (Phi) is 3.34. The normalized spacial score (nSPS) is 10.4. The number of rotatable bonds is 2. The number of halogens is 1. The maximum absolute atomic E-state index is 9.70. The molecule has 0 bridgehead atoms. The Bertz CT molecular complexity index is 573. The van der Waals surface area contributed by atoms with Crippen LogP contribution in [-0.4, -0.2) is 10.2 Å². The monoisotopic (exact) mass is 263 g/mol. The van der Waals surface area contributed by atoms with Crippen molar-refractivity contribution >= 4 is 23.0 Å². The number of phenolic OH excluding ortho intramolecular Hbond substituents is 2. The van der Waals surface area contributed by atoms with Crippen LogP contribution in [-0.2, 0) is 0 Å². The summed E-state index contributed by atoms with van der Waals surface area (Å²) in [5.74, 6) is 0.431. The molecule has 0 atom stereocenters. The standard InChI is InChI=1S/C14H14ClNO2/c1-8-5-10(6-9(2)14(8)18)16-13-4-3-11(17)7-12(13)15/h3-7,16-18H,1-2H3. The number of aryl methyl sites for hydroxylation is 2. The first-order chi connectivity index (χ1) is 8.47. The highest BCUT2D eigenvalue weighted by Gasteiger charge is 2.06. The topological polar surface area (TPSA) is 52.5 Å². The van der Waals surface area contributed by atoms with E-state index in [0.29, 0.717) is 16.5 Å². The van der Waals surface area contributed by atoms with E-state index in [9.17, 15) is 10.2 Å². The maximum Gasteiger partial charge on any atom is 0.121 e. The maximum atomic E-state index is 9.70. The van der Waals surface area contributed by atoms with Crippen molar-refractivity contribution in [1.29, 1.82) is 0 Å². The van der Waals surface area contributed by atoms with Gasteiger partial charge in [0.05, 0.1) is 10.7 Å². The minimum absolute atomic E-state index is 0.128. The zero-order valence-corrected chi connectivity index (χ0v) is 10.9. The number of hydrogen-bond acceptors (Lipinski definition) is 3. The summed E-state index contributed by atoms with van der Waals surface area (Å²) >= 11 is 6.02. The van der Waals surface area contributed by atoms with Crippen molar-refractivity contribution in [3.05, 3.63) is 46.5 Å². The summed E-state index contributed by atoms with van der Waals surface area (Å²) < 4.78 is 0. The summed E-state index contributed by atoms with van der Waals surface area (Å²) in [7, 11) is 0. The van der Waals surface area contributed by atoms with Gasteiger partial charge in [0.25, 0.3) is 0 Å². The Labute approximate surface area is 111 Å². The predicted molar refractivity (Wildman–Crippen MR) is 74.0 cm³/mol. The van der Waals surface area contributed by atoms with Gasteiger partial charge in [0.2, 0.25) is 0 Å². The van der Waals surface area contributed by atoms with Gasteiger partial charge in [0.1, 0.15) is 11.5 Å². The van der Waals surface area contributed by atoms with Gasteiger partial charge < -0.3 is 15.5 Å². The SMILES string of the molecule is Cc1cc(Nc2ccc(O)cc2Cl)cc(C)c1O. The van der Waals surface area contributed by atoms with Crippen LogP contribution in [0.15, 0.2) is 30.3 Å². The fraction of sp³-hybridized carbons (Fsp3) is 0.143. The number of anilines is 2. The van der Waals surface area contributed by atoms with E-state index < -0.39 is 0 Å². The van der Waals surface area contributed by atoms with Crippen molar-refractivity contribution in [2.45, 2.75) is 13.8 Å². The van der Waals surface area contributed by atoms with E-state index >= 15 is 0 Å². The molecule has 0 amide bonds. The van der Waals surface area contributed by atoms with Gasteiger partial charge in [0, 0.05) is 11.8 Å². The van der Waals surface area contributed by atoms with Crippen LogP contribution in [0.4, 0.5) is 11.4 Å². The van der Waals surface area contributed by atoms with E-state index in [2.05, 4.69) is 5.32 Å². The first-order valence-electron chi connectivity index (χ1n) is 5.53. The first kappa shape index (κ1) is 12.6. The van der Waals surface area contributed by atoms with Gasteiger partial charge in [-0.3, -0.25) is 0 Å². The Morgan fingerprint density at radius 2 is 1.61 bits per heavy atom. The van der Waals surface area contributed by atoms with Crippen LogP contribution >= 0.6 is 11.6 Å². The lowest BCUT2D eigenvalue weighted by atomic mass is 10.1. The van der Waals surface area contributed by atoms with Crippen molar-refractivity contribution in [3.8, 4) is 11.5 Å². The van der Waals surface area contributed by atoms with Crippen LogP contribution in [0.25, 0.3) is 0 Å². The van der Waals surface area contributed by atoms with E-state index in [1.807, 2.05) is 26.0 Å².